The van der Waals surface area contributed by atoms with Crippen LogP contribution in [0, 0.1) is 0 Å². The molecule has 0 spiro atoms. The molecule has 0 heterocycles. The summed E-state index contributed by atoms with van der Waals surface area (Å²) in [6.07, 6.45) is -0.360. The van der Waals surface area contributed by atoms with Crippen LogP contribution in [0.25, 0.3) is 0 Å². The monoisotopic (exact) mass is 321 g/mol. The van der Waals surface area contributed by atoms with Gasteiger partial charge >= 0.3 is 13.5 Å². The molecule has 0 radical (unpaired) electrons. The number of ether oxygens (including phenoxy) is 1. The topological polar surface area (TPSA) is 87.0 Å². The lowest BCUT2D eigenvalue weighted by molar-refractivity contribution is -0.120. The number of carbonyl (C=O) groups is 1. The standard InChI is InChI=1S/C16H18O5P/c17-16(22(18,19)20)15(21-14-9-5-2-6-10-14)12-11-13-7-3-1-4-8-13/h1-10,15,18-20H,11-12H2/q+1/t15-/m1/s1. The fourth-order valence-corrected chi connectivity index (χ4v) is 2.60. The van der Waals surface area contributed by atoms with E-state index in [1.165, 1.54) is 0 Å². The highest BCUT2D eigenvalue weighted by molar-refractivity contribution is 7.76. The summed E-state index contributed by atoms with van der Waals surface area (Å²) < 4.78 is 5.52. The molecule has 0 aliphatic carbocycles. The van der Waals surface area contributed by atoms with Crippen LogP contribution in [0.1, 0.15) is 12.0 Å². The minimum atomic E-state index is -4.59. The number of hydrogen-bond donors (Lipinski definition) is 3. The zero-order valence-electron chi connectivity index (χ0n) is 11.9. The van der Waals surface area contributed by atoms with E-state index in [1.807, 2.05) is 30.3 Å². The summed E-state index contributed by atoms with van der Waals surface area (Å²) >= 11 is 0. The molecule has 22 heavy (non-hydrogen) atoms. The molecule has 2 rings (SSSR count). The molecule has 116 valence electrons. The Kier molecular flexibility index (Phi) is 5.63. The van der Waals surface area contributed by atoms with Crippen molar-refractivity contribution in [3.05, 3.63) is 66.2 Å². The van der Waals surface area contributed by atoms with E-state index in [0.717, 1.165) is 5.56 Å². The fraction of sp³-hybridized carbons (Fsp3) is 0.188. The quantitative estimate of drug-likeness (QED) is 0.681. The van der Waals surface area contributed by atoms with Crippen molar-refractivity contribution in [3.8, 4) is 5.75 Å². The zero-order chi connectivity index (χ0) is 16.0. The first kappa shape index (κ1) is 16.6. The average molecular weight is 321 g/mol. The van der Waals surface area contributed by atoms with Crippen molar-refractivity contribution >= 4 is 13.5 Å². The van der Waals surface area contributed by atoms with Crippen molar-refractivity contribution < 1.29 is 24.2 Å². The maximum atomic E-state index is 12.0. The third-order valence-corrected chi connectivity index (χ3v) is 4.01. The number of benzene rings is 2. The van der Waals surface area contributed by atoms with E-state index in [-0.39, 0.29) is 6.42 Å². The summed E-state index contributed by atoms with van der Waals surface area (Å²) in [6.45, 7) is 0. The second-order valence-corrected chi connectivity index (χ2v) is 6.43. The lowest BCUT2D eigenvalue weighted by atomic mass is 10.1. The van der Waals surface area contributed by atoms with Gasteiger partial charge in [0.1, 0.15) is 5.75 Å². The summed E-state index contributed by atoms with van der Waals surface area (Å²) in [5.41, 5.74) is -0.0815. The maximum Gasteiger partial charge on any atom is 0.482 e. The lowest BCUT2D eigenvalue weighted by Gasteiger charge is -2.17. The first-order valence-corrected chi connectivity index (χ1v) is 8.49. The van der Waals surface area contributed by atoms with E-state index in [4.69, 9.17) is 4.74 Å². The van der Waals surface area contributed by atoms with Crippen LogP contribution in [0.5, 0.6) is 5.75 Å². The minimum absolute atomic E-state index is 0.237. The van der Waals surface area contributed by atoms with Gasteiger partial charge < -0.3 is 4.74 Å². The Morgan fingerprint density at radius 1 is 0.955 bits per heavy atom. The highest BCUT2D eigenvalue weighted by atomic mass is 31.2. The highest BCUT2D eigenvalue weighted by Crippen LogP contribution is 2.47. The van der Waals surface area contributed by atoms with Crippen molar-refractivity contribution in [1.82, 2.24) is 0 Å². The molecule has 0 aliphatic rings. The Balaban J connectivity index is 2.09. The molecular weight excluding hydrogens is 303 g/mol. The summed E-state index contributed by atoms with van der Waals surface area (Å²) in [6, 6.07) is 18.1. The maximum absolute atomic E-state index is 12.0. The van der Waals surface area contributed by atoms with Gasteiger partial charge in [0.2, 0.25) is 6.10 Å². The Hall–Kier alpha value is -1.78. The highest BCUT2D eigenvalue weighted by Gasteiger charge is 2.48. The molecule has 0 unspecified atom stereocenters. The summed E-state index contributed by atoms with van der Waals surface area (Å²) in [4.78, 5) is 39.6. The van der Waals surface area contributed by atoms with Crippen molar-refractivity contribution in [2.24, 2.45) is 0 Å². The first-order chi connectivity index (χ1) is 10.5. The van der Waals surface area contributed by atoms with Crippen LogP contribution in [-0.4, -0.2) is 26.3 Å². The fourth-order valence-electron chi connectivity index (χ4n) is 2.03. The van der Waals surface area contributed by atoms with Gasteiger partial charge in [-0.05, 0) is 30.5 Å². The molecule has 1 atom stereocenters. The second-order valence-electron chi connectivity index (χ2n) is 4.85. The Morgan fingerprint density at radius 2 is 1.50 bits per heavy atom. The van der Waals surface area contributed by atoms with Crippen LogP contribution < -0.4 is 4.74 Å². The van der Waals surface area contributed by atoms with Crippen molar-refractivity contribution in [2.75, 3.05) is 0 Å². The van der Waals surface area contributed by atoms with Gasteiger partial charge in [-0.15, -0.1) is 0 Å². The predicted octanol–water partition coefficient (Wildman–Crippen LogP) is 2.33. The zero-order valence-corrected chi connectivity index (χ0v) is 12.8. The number of aryl methyl sites for hydroxylation is 1. The first-order valence-electron chi connectivity index (χ1n) is 6.84. The van der Waals surface area contributed by atoms with Gasteiger partial charge in [0.05, 0.1) is 0 Å². The number of rotatable bonds is 7. The van der Waals surface area contributed by atoms with E-state index in [1.54, 1.807) is 30.3 Å². The van der Waals surface area contributed by atoms with Gasteiger partial charge in [0.25, 0.3) is 0 Å². The van der Waals surface area contributed by atoms with Crippen molar-refractivity contribution in [1.29, 1.82) is 0 Å². The van der Waals surface area contributed by atoms with Gasteiger partial charge in [-0.1, -0.05) is 48.5 Å². The van der Waals surface area contributed by atoms with Crippen LogP contribution in [-0.2, 0) is 11.2 Å². The summed E-state index contributed by atoms with van der Waals surface area (Å²) in [5, 5.41) is 0. The second kappa shape index (κ2) is 7.47. The molecule has 2 aromatic carbocycles. The molecule has 2 aromatic rings. The molecule has 0 bridgehead atoms. The van der Waals surface area contributed by atoms with E-state index in [0.29, 0.717) is 12.2 Å². The minimum Gasteiger partial charge on any atom is -0.478 e. The number of carbonyl (C=O) groups excluding carboxylic acids is 1. The van der Waals surface area contributed by atoms with E-state index in [9.17, 15) is 19.5 Å². The van der Waals surface area contributed by atoms with E-state index in [2.05, 4.69) is 0 Å². The Bertz CT molecular complexity index is 595. The van der Waals surface area contributed by atoms with Crippen molar-refractivity contribution in [2.45, 2.75) is 18.9 Å². The normalized spacial score (nSPS) is 12.7. The van der Waals surface area contributed by atoms with Crippen LogP contribution >= 0.6 is 7.94 Å². The van der Waals surface area contributed by atoms with Gasteiger partial charge in [-0.25, -0.2) is 4.79 Å². The van der Waals surface area contributed by atoms with Crippen LogP contribution in [0.4, 0.5) is 0 Å². The average Bonchev–Trinajstić information content (AvgIpc) is 2.52. The van der Waals surface area contributed by atoms with E-state index >= 15 is 0 Å². The van der Waals surface area contributed by atoms with Gasteiger partial charge in [0, 0.05) is 0 Å². The molecule has 5 nitrogen and oxygen atoms in total. The molecule has 0 aliphatic heterocycles. The Labute approximate surface area is 129 Å². The van der Waals surface area contributed by atoms with Crippen LogP contribution in [0.15, 0.2) is 60.7 Å². The molecular formula is C16H18O5P+. The van der Waals surface area contributed by atoms with Gasteiger partial charge in [-0.2, -0.15) is 14.7 Å². The predicted molar refractivity (Wildman–Crippen MR) is 84.2 cm³/mol. The summed E-state index contributed by atoms with van der Waals surface area (Å²) in [7, 11) is -4.59. The summed E-state index contributed by atoms with van der Waals surface area (Å²) in [5.74, 6) is 0.433. The third-order valence-electron chi connectivity index (χ3n) is 3.13. The molecule has 0 aromatic heterocycles. The lowest BCUT2D eigenvalue weighted by Crippen LogP contribution is -2.29. The van der Waals surface area contributed by atoms with Crippen molar-refractivity contribution in [3.63, 3.8) is 0 Å². The molecule has 3 N–H and O–H groups in total. The largest absolute Gasteiger partial charge is 0.482 e. The molecule has 0 saturated heterocycles. The Morgan fingerprint density at radius 3 is 2.05 bits per heavy atom. The van der Waals surface area contributed by atoms with Crippen LogP contribution in [0.3, 0.4) is 0 Å². The van der Waals surface area contributed by atoms with Crippen LogP contribution in [0.2, 0.25) is 0 Å². The van der Waals surface area contributed by atoms with E-state index < -0.39 is 19.6 Å². The smallest absolute Gasteiger partial charge is 0.478 e. The molecule has 0 saturated carbocycles. The SMILES string of the molecule is O=C([C@@H](CCc1ccccc1)Oc1ccccc1)[P+](O)(O)O. The molecule has 0 amide bonds. The van der Waals surface area contributed by atoms with Gasteiger partial charge in [0.15, 0.2) is 0 Å². The third kappa shape index (κ3) is 4.90. The molecule has 6 heteroatoms. The molecule has 0 fully saturated rings. The van der Waals surface area contributed by atoms with Gasteiger partial charge in [-0.3, -0.25) is 0 Å². The number of hydrogen-bond acceptors (Lipinski definition) is 5. The number of para-hydroxylation sites is 1.